The second-order valence-electron chi connectivity index (χ2n) is 6.85. The largest absolute Gasteiger partial charge is 0.326 e. The minimum absolute atomic E-state index is 0.162. The minimum atomic E-state index is -0.305. The third-order valence-corrected chi connectivity index (χ3v) is 5.02. The first-order valence-corrected chi connectivity index (χ1v) is 9.71. The molecule has 0 atom stereocenters. The molecular formula is C22H18ClFN4O2. The van der Waals surface area contributed by atoms with Crippen LogP contribution >= 0.6 is 11.6 Å². The fraction of sp³-hybridized carbons (Fsp3) is 0.136. The van der Waals surface area contributed by atoms with Gasteiger partial charge in [0.05, 0.1) is 11.9 Å². The van der Waals surface area contributed by atoms with Crippen molar-refractivity contribution < 1.29 is 14.0 Å². The molecule has 6 nitrogen and oxygen atoms in total. The molecule has 30 heavy (non-hydrogen) atoms. The Balaban J connectivity index is 1.39. The van der Waals surface area contributed by atoms with E-state index in [0.717, 1.165) is 5.56 Å². The Kier molecular flexibility index (Phi) is 5.63. The summed E-state index contributed by atoms with van der Waals surface area (Å²) >= 11 is 5.84. The molecule has 3 aromatic rings. The van der Waals surface area contributed by atoms with Gasteiger partial charge in [-0.25, -0.2) is 14.2 Å². The molecule has 1 N–H and O–H groups in total. The lowest BCUT2D eigenvalue weighted by molar-refractivity contribution is 0.102. The van der Waals surface area contributed by atoms with E-state index in [0.29, 0.717) is 41.7 Å². The van der Waals surface area contributed by atoms with Gasteiger partial charge < -0.3 is 10.2 Å². The van der Waals surface area contributed by atoms with Crippen LogP contribution in [0.1, 0.15) is 15.9 Å². The van der Waals surface area contributed by atoms with Crippen LogP contribution in [0.25, 0.3) is 0 Å². The van der Waals surface area contributed by atoms with Crippen LogP contribution in [0.5, 0.6) is 0 Å². The molecule has 0 aliphatic carbocycles. The van der Waals surface area contributed by atoms with Crippen molar-refractivity contribution in [1.82, 2.24) is 9.88 Å². The zero-order valence-corrected chi connectivity index (χ0v) is 16.6. The molecule has 1 saturated heterocycles. The molecule has 2 heterocycles. The van der Waals surface area contributed by atoms with Gasteiger partial charge in [0, 0.05) is 30.2 Å². The molecule has 2 aromatic carbocycles. The predicted octanol–water partition coefficient (Wildman–Crippen LogP) is 4.57. The van der Waals surface area contributed by atoms with Crippen molar-refractivity contribution in [2.45, 2.75) is 6.54 Å². The number of halogens is 2. The predicted molar refractivity (Wildman–Crippen MR) is 113 cm³/mol. The SMILES string of the molecule is O=C(Nc1ccc(N2CCN(Cc3ccc(F)cc3)C2=O)nc1)c1ccc(Cl)cc1. The third-order valence-electron chi connectivity index (χ3n) is 4.77. The number of benzene rings is 2. The Labute approximate surface area is 177 Å². The van der Waals surface area contributed by atoms with E-state index in [1.165, 1.54) is 18.3 Å². The summed E-state index contributed by atoms with van der Waals surface area (Å²) in [4.78, 5) is 32.6. The summed E-state index contributed by atoms with van der Waals surface area (Å²) in [5.74, 6) is -0.0735. The highest BCUT2D eigenvalue weighted by Gasteiger charge is 2.30. The Hall–Kier alpha value is -3.45. The number of urea groups is 1. The maximum atomic E-state index is 13.1. The summed E-state index contributed by atoms with van der Waals surface area (Å²) in [6.45, 7) is 1.46. The average molecular weight is 425 g/mol. The summed E-state index contributed by atoms with van der Waals surface area (Å²) in [7, 11) is 0. The topological polar surface area (TPSA) is 65.5 Å². The second-order valence-corrected chi connectivity index (χ2v) is 7.28. The quantitative estimate of drug-likeness (QED) is 0.652. The zero-order chi connectivity index (χ0) is 21.1. The molecule has 0 saturated carbocycles. The Morgan fingerprint density at radius 3 is 2.43 bits per heavy atom. The van der Waals surface area contributed by atoms with Crippen LogP contribution in [0.3, 0.4) is 0 Å². The standard InChI is InChI=1S/C22H18ClFN4O2/c23-17-5-3-16(4-6-17)21(29)26-19-9-10-20(25-13-19)28-12-11-27(22(28)30)14-15-1-7-18(24)8-2-15/h1-10,13H,11-12,14H2,(H,26,29). The van der Waals surface area contributed by atoms with E-state index >= 15 is 0 Å². The molecule has 0 bridgehead atoms. The van der Waals surface area contributed by atoms with E-state index in [4.69, 9.17) is 11.6 Å². The number of hydrogen-bond acceptors (Lipinski definition) is 3. The molecule has 1 aliphatic rings. The molecule has 1 aliphatic heterocycles. The summed E-state index contributed by atoms with van der Waals surface area (Å²) in [6.07, 6.45) is 1.51. The van der Waals surface area contributed by atoms with E-state index in [-0.39, 0.29) is 17.8 Å². The first-order valence-electron chi connectivity index (χ1n) is 9.33. The summed E-state index contributed by atoms with van der Waals surface area (Å²) in [5, 5.41) is 3.32. The van der Waals surface area contributed by atoms with Gasteiger partial charge in [-0.05, 0) is 54.1 Å². The number of carbonyl (C=O) groups is 2. The van der Waals surface area contributed by atoms with E-state index < -0.39 is 0 Å². The summed E-state index contributed by atoms with van der Waals surface area (Å²) < 4.78 is 13.1. The molecule has 1 aromatic heterocycles. The monoisotopic (exact) mass is 424 g/mol. The van der Waals surface area contributed by atoms with E-state index in [9.17, 15) is 14.0 Å². The van der Waals surface area contributed by atoms with Crippen molar-refractivity contribution in [3.8, 4) is 0 Å². The molecule has 3 amide bonds. The molecule has 152 valence electrons. The van der Waals surface area contributed by atoms with Crippen molar-refractivity contribution in [2.75, 3.05) is 23.3 Å². The molecule has 0 spiro atoms. The van der Waals surface area contributed by atoms with Crippen molar-refractivity contribution in [3.05, 3.63) is 88.8 Å². The second kappa shape index (κ2) is 8.51. The normalized spacial score (nSPS) is 13.6. The lowest BCUT2D eigenvalue weighted by Gasteiger charge is -2.18. The molecule has 1 fully saturated rings. The molecule has 0 unspecified atom stereocenters. The van der Waals surface area contributed by atoms with Gasteiger partial charge >= 0.3 is 6.03 Å². The number of aromatic nitrogens is 1. The lowest BCUT2D eigenvalue weighted by atomic mass is 10.2. The summed E-state index contributed by atoms with van der Waals surface area (Å²) in [5.41, 5.74) is 1.86. The van der Waals surface area contributed by atoms with E-state index in [2.05, 4.69) is 10.3 Å². The van der Waals surface area contributed by atoms with E-state index in [1.54, 1.807) is 58.3 Å². The molecular weight excluding hydrogens is 407 g/mol. The van der Waals surface area contributed by atoms with Crippen LogP contribution in [0.2, 0.25) is 5.02 Å². The van der Waals surface area contributed by atoms with Crippen molar-refractivity contribution in [1.29, 1.82) is 0 Å². The van der Waals surface area contributed by atoms with Crippen LogP contribution in [0.15, 0.2) is 66.9 Å². The average Bonchev–Trinajstić information content (AvgIpc) is 3.11. The highest BCUT2D eigenvalue weighted by molar-refractivity contribution is 6.30. The van der Waals surface area contributed by atoms with Gasteiger partial charge in [-0.1, -0.05) is 23.7 Å². The maximum absolute atomic E-state index is 13.1. The van der Waals surface area contributed by atoms with Crippen LogP contribution in [0, 0.1) is 5.82 Å². The van der Waals surface area contributed by atoms with Gasteiger partial charge in [0.25, 0.3) is 5.91 Å². The fourth-order valence-corrected chi connectivity index (χ4v) is 3.30. The number of nitrogens with zero attached hydrogens (tertiary/aromatic N) is 3. The molecule has 8 heteroatoms. The van der Waals surface area contributed by atoms with Crippen LogP contribution < -0.4 is 10.2 Å². The van der Waals surface area contributed by atoms with Gasteiger partial charge in [0.2, 0.25) is 0 Å². The summed E-state index contributed by atoms with van der Waals surface area (Å²) in [6, 6.07) is 15.9. The zero-order valence-electron chi connectivity index (χ0n) is 15.9. The first-order chi connectivity index (χ1) is 14.5. The first kappa shape index (κ1) is 19.8. The van der Waals surface area contributed by atoms with Crippen LogP contribution in [0.4, 0.5) is 20.7 Å². The molecule has 4 rings (SSSR count). The number of amides is 3. The Morgan fingerprint density at radius 2 is 1.77 bits per heavy atom. The third kappa shape index (κ3) is 4.41. The number of anilines is 2. The Bertz CT molecular complexity index is 1060. The highest BCUT2D eigenvalue weighted by Crippen LogP contribution is 2.21. The minimum Gasteiger partial charge on any atom is -0.321 e. The highest BCUT2D eigenvalue weighted by atomic mass is 35.5. The van der Waals surface area contributed by atoms with Crippen LogP contribution in [-0.4, -0.2) is 34.9 Å². The van der Waals surface area contributed by atoms with Gasteiger partial charge in [0.15, 0.2) is 0 Å². The number of rotatable bonds is 5. The molecule has 0 radical (unpaired) electrons. The number of nitrogens with one attached hydrogen (secondary N) is 1. The van der Waals surface area contributed by atoms with Crippen molar-refractivity contribution >= 4 is 35.0 Å². The fourth-order valence-electron chi connectivity index (χ4n) is 3.18. The van der Waals surface area contributed by atoms with Gasteiger partial charge in [-0.15, -0.1) is 0 Å². The van der Waals surface area contributed by atoms with Gasteiger partial charge in [-0.3, -0.25) is 9.69 Å². The van der Waals surface area contributed by atoms with Crippen LogP contribution in [-0.2, 0) is 6.54 Å². The lowest BCUT2D eigenvalue weighted by Crippen LogP contribution is -2.31. The smallest absolute Gasteiger partial charge is 0.321 e. The van der Waals surface area contributed by atoms with Crippen molar-refractivity contribution in [3.63, 3.8) is 0 Å². The maximum Gasteiger partial charge on any atom is 0.326 e. The van der Waals surface area contributed by atoms with Gasteiger partial charge in [0.1, 0.15) is 11.6 Å². The number of carbonyl (C=O) groups excluding carboxylic acids is 2. The Morgan fingerprint density at radius 1 is 1.03 bits per heavy atom. The van der Waals surface area contributed by atoms with Crippen molar-refractivity contribution in [2.24, 2.45) is 0 Å². The number of hydrogen-bond donors (Lipinski definition) is 1. The van der Waals surface area contributed by atoms with E-state index in [1.807, 2.05) is 0 Å². The van der Waals surface area contributed by atoms with Gasteiger partial charge in [-0.2, -0.15) is 0 Å². The number of pyridine rings is 1.